The molecule has 6 nitrogen and oxygen atoms in total. The van der Waals surface area contributed by atoms with Gasteiger partial charge < -0.3 is 10.2 Å². The second kappa shape index (κ2) is 8.15. The van der Waals surface area contributed by atoms with Gasteiger partial charge in [-0.3, -0.25) is 15.1 Å². The highest BCUT2D eigenvalue weighted by atomic mass is 35.5. The number of non-ortho nitro benzene ring substituents is 1. The van der Waals surface area contributed by atoms with Crippen LogP contribution in [0.3, 0.4) is 0 Å². The van der Waals surface area contributed by atoms with Crippen molar-refractivity contribution in [2.24, 2.45) is 10.9 Å². The average Bonchev–Trinajstić information content (AvgIpc) is 3.41. The van der Waals surface area contributed by atoms with E-state index in [-0.39, 0.29) is 11.2 Å². The van der Waals surface area contributed by atoms with E-state index in [1.54, 1.807) is 6.07 Å². The van der Waals surface area contributed by atoms with E-state index in [0.29, 0.717) is 17.5 Å². The fraction of sp³-hybridized carbons (Fsp3) is 0.458. The third kappa shape index (κ3) is 3.57. The number of para-hydroxylation sites is 2. The third-order valence-electron chi connectivity index (χ3n) is 7.23. The highest BCUT2D eigenvalue weighted by Crippen LogP contribution is 2.52. The van der Waals surface area contributed by atoms with E-state index in [9.17, 15) is 10.1 Å². The van der Waals surface area contributed by atoms with Gasteiger partial charge in [0.05, 0.1) is 27.0 Å². The zero-order chi connectivity index (χ0) is 21.4. The molecule has 2 aromatic rings. The van der Waals surface area contributed by atoms with Gasteiger partial charge in [-0.1, -0.05) is 36.6 Å². The lowest BCUT2D eigenvalue weighted by molar-refractivity contribution is -0.384. The second-order valence-electron chi connectivity index (χ2n) is 8.85. The first-order valence-electron chi connectivity index (χ1n) is 11.2. The minimum Gasteiger partial charge on any atom is -0.382 e. The number of benzene rings is 2. The van der Waals surface area contributed by atoms with Crippen molar-refractivity contribution in [3.63, 3.8) is 0 Å². The predicted molar refractivity (Wildman–Crippen MR) is 126 cm³/mol. The first-order valence-corrected chi connectivity index (χ1v) is 11.6. The fourth-order valence-electron chi connectivity index (χ4n) is 5.92. The Bertz CT molecular complexity index is 1030. The molecule has 0 saturated heterocycles. The lowest BCUT2D eigenvalue weighted by Crippen LogP contribution is -2.54. The molecule has 0 bridgehead atoms. The normalized spacial score (nSPS) is 21.4. The van der Waals surface area contributed by atoms with Crippen LogP contribution in [0.25, 0.3) is 0 Å². The highest BCUT2D eigenvalue weighted by molar-refractivity contribution is 6.33. The number of rotatable bonds is 5. The fourth-order valence-corrected chi connectivity index (χ4v) is 6.16. The summed E-state index contributed by atoms with van der Waals surface area (Å²) in [4.78, 5) is 18.3. The van der Waals surface area contributed by atoms with Gasteiger partial charge in [-0.25, -0.2) is 0 Å². The maximum Gasteiger partial charge on any atom is 0.271 e. The second-order valence-corrected chi connectivity index (χ2v) is 9.25. The number of nitro benzene ring substituents is 1. The largest absolute Gasteiger partial charge is 0.382 e. The summed E-state index contributed by atoms with van der Waals surface area (Å²) >= 11 is 6.30. The minimum absolute atomic E-state index is 0.00724. The highest BCUT2D eigenvalue weighted by Gasteiger charge is 2.50. The molecule has 2 saturated carbocycles. The van der Waals surface area contributed by atoms with Crippen molar-refractivity contribution in [2.75, 3.05) is 23.3 Å². The average molecular weight is 439 g/mol. The lowest BCUT2D eigenvalue weighted by Gasteiger charge is -2.46. The standard InChI is InChI=1S/C24H27ClN4O2/c25-19-16-17(29(30)31)10-11-21(19)26-14-15-28-23-9-2-1-7-22(23)27-20-8-5-6-18(20)24(28)12-3-4-13-24/h1-2,7,9-11,16,18,26H,3-6,8,12-15H2. The molecule has 2 aromatic carbocycles. The molecule has 0 amide bonds. The van der Waals surface area contributed by atoms with E-state index in [0.717, 1.165) is 24.3 Å². The van der Waals surface area contributed by atoms with Gasteiger partial charge in [0.2, 0.25) is 0 Å². The summed E-state index contributed by atoms with van der Waals surface area (Å²) in [6, 6.07) is 13.1. The molecule has 0 aromatic heterocycles. The number of aliphatic imine (C=N–C) groups is 1. The van der Waals surface area contributed by atoms with Crippen LogP contribution >= 0.6 is 11.6 Å². The summed E-state index contributed by atoms with van der Waals surface area (Å²) in [6.45, 7) is 1.54. The molecule has 1 heterocycles. The van der Waals surface area contributed by atoms with E-state index in [1.165, 1.54) is 62.1 Å². The zero-order valence-corrected chi connectivity index (χ0v) is 18.3. The van der Waals surface area contributed by atoms with Crippen LogP contribution in [0, 0.1) is 16.0 Å². The van der Waals surface area contributed by atoms with Crippen LogP contribution in [-0.4, -0.2) is 29.3 Å². The van der Waals surface area contributed by atoms with Crippen LogP contribution in [0.15, 0.2) is 47.5 Å². The molecule has 1 unspecified atom stereocenters. The molecule has 31 heavy (non-hydrogen) atoms. The van der Waals surface area contributed by atoms with E-state index in [4.69, 9.17) is 16.6 Å². The van der Waals surface area contributed by atoms with Crippen molar-refractivity contribution in [1.29, 1.82) is 0 Å². The predicted octanol–water partition coefficient (Wildman–Crippen LogP) is 6.37. The topological polar surface area (TPSA) is 70.8 Å². The molecular formula is C24H27ClN4O2. The molecular weight excluding hydrogens is 412 g/mol. The van der Waals surface area contributed by atoms with Crippen molar-refractivity contribution in [2.45, 2.75) is 50.5 Å². The zero-order valence-electron chi connectivity index (χ0n) is 17.5. The van der Waals surface area contributed by atoms with Crippen LogP contribution in [0.1, 0.15) is 44.9 Å². The van der Waals surface area contributed by atoms with Crippen LogP contribution in [0.2, 0.25) is 5.02 Å². The van der Waals surface area contributed by atoms with Crippen molar-refractivity contribution in [3.8, 4) is 0 Å². The summed E-state index contributed by atoms with van der Waals surface area (Å²) in [5, 5.41) is 14.8. The minimum atomic E-state index is -0.424. The van der Waals surface area contributed by atoms with Gasteiger partial charge in [-0.05, 0) is 50.3 Å². The van der Waals surface area contributed by atoms with Crippen LogP contribution in [-0.2, 0) is 0 Å². The Labute approximate surface area is 187 Å². The first-order chi connectivity index (χ1) is 15.1. The quantitative estimate of drug-likeness (QED) is 0.435. The molecule has 2 fully saturated rings. The van der Waals surface area contributed by atoms with Crippen molar-refractivity contribution in [1.82, 2.24) is 0 Å². The smallest absolute Gasteiger partial charge is 0.271 e. The van der Waals surface area contributed by atoms with Crippen molar-refractivity contribution in [3.05, 3.63) is 57.6 Å². The maximum atomic E-state index is 11.0. The summed E-state index contributed by atoms with van der Waals surface area (Å²) in [5.74, 6) is 0.533. The van der Waals surface area contributed by atoms with Gasteiger partial charge in [0.15, 0.2) is 0 Å². The number of hydrogen-bond donors (Lipinski definition) is 1. The molecule has 1 atom stereocenters. The van der Waals surface area contributed by atoms with Gasteiger partial charge >= 0.3 is 0 Å². The van der Waals surface area contributed by atoms with E-state index >= 15 is 0 Å². The molecule has 5 rings (SSSR count). The molecule has 1 N–H and O–H groups in total. The van der Waals surface area contributed by atoms with Gasteiger partial charge in [0, 0.05) is 42.4 Å². The SMILES string of the molecule is O=[N+]([O-])c1ccc(NCCN2c3ccccc3N=C3CCCC3C23CCCC3)c(Cl)c1. The van der Waals surface area contributed by atoms with Gasteiger partial charge in [-0.15, -0.1) is 0 Å². The monoisotopic (exact) mass is 438 g/mol. The van der Waals surface area contributed by atoms with Crippen LogP contribution in [0.4, 0.5) is 22.7 Å². The summed E-state index contributed by atoms with van der Waals surface area (Å²) < 4.78 is 0. The van der Waals surface area contributed by atoms with E-state index < -0.39 is 4.92 Å². The van der Waals surface area contributed by atoms with Crippen molar-refractivity contribution < 1.29 is 4.92 Å². The van der Waals surface area contributed by atoms with Crippen LogP contribution < -0.4 is 10.2 Å². The van der Waals surface area contributed by atoms with Crippen LogP contribution in [0.5, 0.6) is 0 Å². The van der Waals surface area contributed by atoms with Gasteiger partial charge in [-0.2, -0.15) is 0 Å². The maximum absolute atomic E-state index is 11.0. The summed E-state index contributed by atoms with van der Waals surface area (Å²) in [7, 11) is 0. The Balaban J connectivity index is 1.43. The third-order valence-corrected chi connectivity index (χ3v) is 7.55. The number of anilines is 2. The lowest BCUT2D eigenvalue weighted by atomic mass is 9.78. The molecule has 1 aliphatic heterocycles. The van der Waals surface area contributed by atoms with Gasteiger partial charge in [0.1, 0.15) is 0 Å². The molecule has 3 aliphatic rings. The Kier molecular flexibility index (Phi) is 5.34. The Morgan fingerprint density at radius 2 is 2.00 bits per heavy atom. The molecule has 0 radical (unpaired) electrons. The Morgan fingerprint density at radius 1 is 1.19 bits per heavy atom. The molecule has 1 spiro atoms. The summed E-state index contributed by atoms with van der Waals surface area (Å²) in [6.07, 6.45) is 8.54. The number of nitro groups is 1. The Morgan fingerprint density at radius 3 is 2.77 bits per heavy atom. The first kappa shape index (κ1) is 20.3. The molecule has 162 valence electrons. The molecule has 7 heteroatoms. The number of nitrogens with one attached hydrogen (secondary N) is 1. The number of halogens is 1. The number of hydrogen-bond acceptors (Lipinski definition) is 5. The molecule has 2 aliphatic carbocycles. The summed E-state index contributed by atoms with van der Waals surface area (Å²) in [5.41, 5.74) is 4.58. The van der Waals surface area contributed by atoms with Crippen molar-refractivity contribution >= 4 is 40.1 Å². The van der Waals surface area contributed by atoms with E-state index in [1.807, 2.05) is 0 Å². The number of fused-ring (bicyclic) bond motifs is 3. The Hall–Kier alpha value is -2.60. The number of nitrogens with zero attached hydrogens (tertiary/aromatic N) is 3. The van der Waals surface area contributed by atoms with Gasteiger partial charge in [0.25, 0.3) is 5.69 Å². The van der Waals surface area contributed by atoms with E-state index in [2.05, 4.69) is 34.5 Å².